The van der Waals surface area contributed by atoms with E-state index in [1.54, 1.807) is 0 Å². The van der Waals surface area contributed by atoms with Crippen molar-refractivity contribution in [2.75, 3.05) is 0 Å². The van der Waals surface area contributed by atoms with Gasteiger partial charge < -0.3 is 10.8 Å². The highest BCUT2D eigenvalue weighted by Gasteiger charge is 2.29. The van der Waals surface area contributed by atoms with Gasteiger partial charge >= 0.3 is 11.9 Å². The largest absolute Gasteiger partial charge is 0.502 e. The molecule has 1 atom stereocenters. The molecule has 0 aromatic heterocycles. The molecule has 0 aliphatic rings. The first-order valence-electron chi connectivity index (χ1n) is 5.11. The van der Waals surface area contributed by atoms with Crippen LogP contribution in [0.4, 0.5) is 18.9 Å². The number of hydrogen-bond acceptors (Lipinski definition) is 4. The molecular weight excluding hydrogens is 333 g/mol. The molecule has 0 aliphatic carbocycles. The molecular formula is C10H10BrF3N2O3. The molecule has 0 aliphatic heterocycles. The third-order valence-electron chi connectivity index (χ3n) is 2.42. The highest BCUT2D eigenvalue weighted by atomic mass is 79.9. The highest BCUT2D eigenvalue weighted by Crippen LogP contribution is 2.38. The third kappa shape index (κ3) is 4.35. The Morgan fingerprint density at radius 3 is 2.53 bits per heavy atom. The molecule has 1 aromatic carbocycles. The Labute approximate surface area is 114 Å². The predicted octanol–water partition coefficient (Wildman–Crippen LogP) is 3.41. The molecule has 0 radical (unpaired) electrons. The number of nitrogens with zero attached hydrogens (tertiary/aromatic N) is 1. The second-order valence-electron chi connectivity index (χ2n) is 3.88. The monoisotopic (exact) mass is 342 g/mol. The van der Waals surface area contributed by atoms with Crippen molar-refractivity contribution in [3.63, 3.8) is 0 Å². The van der Waals surface area contributed by atoms with Crippen LogP contribution in [0.1, 0.15) is 24.4 Å². The maximum atomic E-state index is 12.1. The topological polar surface area (TPSA) is 89.4 Å². The molecule has 3 N–H and O–H groups in total. The zero-order valence-corrected chi connectivity index (χ0v) is 11.0. The predicted molar refractivity (Wildman–Crippen MR) is 64.7 cm³/mol. The first kappa shape index (κ1) is 15.7. The normalized spacial score (nSPS) is 13.3. The Balaban J connectivity index is 3.03. The number of phenols is 1. The fourth-order valence-corrected chi connectivity index (χ4v) is 1.97. The maximum Gasteiger partial charge on any atom is 0.389 e. The van der Waals surface area contributed by atoms with E-state index < -0.39 is 41.4 Å². The van der Waals surface area contributed by atoms with Gasteiger partial charge in [0, 0.05) is 28.6 Å². The number of benzene rings is 1. The van der Waals surface area contributed by atoms with Crippen LogP contribution in [-0.4, -0.2) is 16.2 Å². The van der Waals surface area contributed by atoms with E-state index in [1.165, 1.54) is 6.07 Å². The van der Waals surface area contributed by atoms with Crippen molar-refractivity contribution in [1.82, 2.24) is 0 Å². The summed E-state index contributed by atoms with van der Waals surface area (Å²) in [6.07, 6.45) is -5.97. The van der Waals surface area contributed by atoms with Crippen LogP contribution in [0.5, 0.6) is 5.75 Å². The van der Waals surface area contributed by atoms with Crippen LogP contribution >= 0.6 is 15.9 Å². The molecule has 0 bridgehead atoms. The van der Waals surface area contributed by atoms with Crippen LogP contribution in [0.25, 0.3) is 0 Å². The SMILES string of the molecule is N[C@H](CCC(F)(F)F)c1cc(Br)cc([N+](=O)[O-])c1O. The quantitative estimate of drug-likeness (QED) is 0.648. The average Bonchev–Trinajstić information content (AvgIpc) is 2.27. The van der Waals surface area contributed by atoms with Crippen molar-refractivity contribution in [3.05, 3.63) is 32.3 Å². The highest BCUT2D eigenvalue weighted by molar-refractivity contribution is 9.10. The van der Waals surface area contributed by atoms with Crippen LogP contribution < -0.4 is 5.73 Å². The number of nitro groups is 1. The lowest BCUT2D eigenvalue weighted by Gasteiger charge is -2.15. The first-order chi connectivity index (χ1) is 8.61. The molecule has 0 spiro atoms. The van der Waals surface area contributed by atoms with E-state index in [2.05, 4.69) is 15.9 Å². The molecule has 0 fully saturated rings. The average molecular weight is 343 g/mol. The fourth-order valence-electron chi connectivity index (χ4n) is 1.50. The maximum absolute atomic E-state index is 12.1. The summed E-state index contributed by atoms with van der Waals surface area (Å²) in [5.74, 6) is -0.706. The van der Waals surface area contributed by atoms with Crippen molar-refractivity contribution in [3.8, 4) is 5.75 Å². The molecule has 106 valence electrons. The molecule has 19 heavy (non-hydrogen) atoms. The van der Waals surface area contributed by atoms with Gasteiger partial charge in [0.15, 0.2) is 5.75 Å². The van der Waals surface area contributed by atoms with Gasteiger partial charge in [0.05, 0.1) is 4.92 Å². The third-order valence-corrected chi connectivity index (χ3v) is 2.88. The first-order valence-corrected chi connectivity index (χ1v) is 5.90. The second kappa shape index (κ2) is 5.74. The van der Waals surface area contributed by atoms with E-state index in [9.17, 15) is 28.4 Å². The Morgan fingerprint density at radius 1 is 1.47 bits per heavy atom. The fraction of sp³-hybridized carbons (Fsp3) is 0.400. The smallest absolute Gasteiger partial charge is 0.389 e. The number of halogens is 4. The van der Waals surface area contributed by atoms with Crippen molar-refractivity contribution in [2.24, 2.45) is 5.73 Å². The number of nitrogens with two attached hydrogens (primary N) is 1. The molecule has 0 unspecified atom stereocenters. The summed E-state index contributed by atoms with van der Waals surface area (Å²) in [6.45, 7) is 0. The van der Waals surface area contributed by atoms with Gasteiger partial charge in [-0.3, -0.25) is 10.1 Å². The number of rotatable bonds is 4. The molecule has 0 saturated heterocycles. The van der Waals surface area contributed by atoms with Gasteiger partial charge in [-0.25, -0.2) is 0 Å². The summed E-state index contributed by atoms with van der Waals surface area (Å²) >= 11 is 2.98. The lowest BCUT2D eigenvalue weighted by molar-refractivity contribution is -0.386. The van der Waals surface area contributed by atoms with E-state index in [-0.39, 0.29) is 10.0 Å². The molecule has 1 rings (SSSR count). The van der Waals surface area contributed by atoms with Crippen molar-refractivity contribution >= 4 is 21.6 Å². The van der Waals surface area contributed by atoms with Crippen molar-refractivity contribution < 1.29 is 23.2 Å². The summed E-state index contributed by atoms with van der Waals surface area (Å²) < 4.78 is 36.5. The molecule has 0 heterocycles. The van der Waals surface area contributed by atoms with Gasteiger partial charge in [-0.2, -0.15) is 13.2 Å². The van der Waals surface area contributed by atoms with E-state index in [1.807, 2.05) is 0 Å². The molecule has 0 saturated carbocycles. The molecule has 1 aromatic rings. The van der Waals surface area contributed by atoms with E-state index in [0.29, 0.717) is 0 Å². The van der Waals surface area contributed by atoms with Gasteiger partial charge in [-0.15, -0.1) is 0 Å². The van der Waals surface area contributed by atoms with Gasteiger partial charge in [0.25, 0.3) is 0 Å². The lowest BCUT2D eigenvalue weighted by atomic mass is 10.0. The summed E-state index contributed by atoms with van der Waals surface area (Å²) in [5.41, 5.74) is 4.84. The van der Waals surface area contributed by atoms with Gasteiger partial charge in [-0.05, 0) is 12.5 Å². The summed E-state index contributed by atoms with van der Waals surface area (Å²) in [6, 6.07) is 1.18. The molecule has 0 amide bonds. The van der Waals surface area contributed by atoms with E-state index in [4.69, 9.17) is 5.73 Å². The van der Waals surface area contributed by atoms with E-state index in [0.717, 1.165) is 6.07 Å². The minimum absolute atomic E-state index is 0.0923. The number of alkyl halides is 3. The standard InChI is InChI=1S/C10H10BrF3N2O3/c11-5-3-6(7(15)1-2-10(12,13)14)9(17)8(4-5)16(18)19/h3-4,7,17H,1-2,15H2/t7-/m1/s1. The minimum Gasteiger partial charge on any atom is -0.502 e. The van der Waals surface area contributed by atoms with Crippen LogP contribution in [-0.2, 0) is 0 Å². The second-order valence-corrected chi connectivity index (χ2v) is 4.80. The number of aromatic hydroxyl groups is 1. The Kier molecular flexibility index (Phi) is 4.75. The Bertz CT molecular complexity index is 494. The summed E-state index contributed by atoms with van der Waals surface area (Å²) in [5, 5.41) is 20.3. The van der Waals surface area contributed by atoms with Gasteiger partial charge in [0.1, 0.15) is 0 Å². The Morgan fingerprint density at radius 2 is 2.05 bits per heavy atom. The van der Waals surface area contributed by atoms with Crippen LogP contribution in [0.3, 0.4) is 0 Å². The van der Waals surface area contributed by atoms with Crippen molar-refractivity contribution in [1.29, 1.82) is 0 Å². The summed E-state index contributed by atoms with van der Waals surface area (Å²) in [7, 11) is 0. The van der Waals surface area contributed by atoms with Crippen molar-refractivity contribution in [2.45, 2.75) is 25.1 Å². The Hall–Kier alpha value is -1.35. The lowest BCUT2D eigenvalue weighted by Crippen LogP contribution is -2.16. The minimum atomic E-state index is -4.37. The van der Waals surface area contributed by atoms with Crippen LogP contribution in [0.15, 0.2) is 16.6 Å². The molecule has 5 nitrogen and oxygen atoms in total. The zero-order chi connectivity index (χ0) is 14.8. The van der Waals surface area contributed by atoms with E-state index >= 15 is 0 Å². The number of phenolic OH excluding ortho intramolecular Hbond substituents is 1. The molecule has 9 heteroatoms. The van der Waals surface area contributed by atoms with Crippen LogP contribution in [0, 0.1) is 10.1 Å². The number of nitro benzene ring substituents is 1. The zero-order valence-electron chi connectivity index (χ0n) is 9.45. The van der Waals surface area contributed by atoms with Crippen LogP contribution in [0.2, 0.25) is 0 Å². The summed E-state index contributed by atoms with van der Waals surface area (Å²) in [4.78, 5) is 9.84. The van der Waals surface area contributed by atoms with Gasteiger partial charge in [0.2, 0.25) is 0 Å². The number of hydrogen-bond donors (Lipinski definition) is 2. The van der Waals surface area contributed by atoms with Gasteiger partial charge in [-0.1, -0.05) is 15.9 Å².